The molecule has 1 aromatic carbocycles. The van der Waals surface area contributed by atoms with E-state index < -0.39 is 0 Å². The molecule has 0 saturated carbocycles. The van der Waals surface area contributed by atoms with Gasteiger partial charge >= 0.3 is 0 Å². The third-order valence-electron chi connectivity index (χ3n) is 2.82. The Balaban J connectivity index is 3.04. The van der Waals surface area contributed by atoms with Gasteiger partial charge in [-0.1, -0.05) is 25.5 Å². The van der Waals surface area contributed by atoms with Gasteiger partial charge in [0.05, 0.1) is 0 Å². The normalized spacial score (nSPS) is 12.9. The summed E-state index contributed by atoms with van der Waals surface area (Å²) in [6.45, 7) is 6.25. The van der Waals surface area contributed by atoms with E-state index in [0.29, 0.717) is 0 Å². The van der Waals surface area contributed by atoms with Crippen molar-refractivity contribution in [2.24, 2.45) is 5.73 Å². The number of hydrogen-bond donors (Lipinski definition) is 2. The lowest BCUT2D eigenvalue weighted by Crippen LogP contribution is -2.13. The van der Waals surface area contributed by atoms with Crippen LogP contribution >= 0.6 is 0 Å². The average molecular weight is 192 g/mol. The van der Waals surface area contributed by atoms with E-state index in [1.807, 2.05) is 6.92 Å². The maximum absolute atomic E-state index is 6.05. The van der Waals surface area contributed by atoms with E-state index in [4.69, 9.17) is 11.5 Å². The highest BCUT2D eigenvalue weighted by molar-refractivity contribution is 5.57. The van der Waals surface area contributed by atoms with Crippen LogP contribution < -0.4 is 11.5 Å². The lowest BCUT2D eigenvalue weighted by Gasteiger charge is -2.16. The Morgan fingerprint density at radius 2 is 1.93 bits per heavy atom. The third kappa shape index (κ3) is 2.07. The van der Waals surface area contributed by atoms with E-state index in [1.165, 1.54) is 5.56 Å². The zero-order chi connectivity index (χ0) is 10.7. The Bertz CT molecular complexity index is 318. The van der Waals surface area contributed by atoms with Crippen LogP contribution in [0.25, 0.3) is 0 Å². The summed E-state index contributed by atoms with van der Waals surface area (Å²) in [5, 5.41) is 0. The van der Waals surface area contributed by atoms with E-state index in [0.717, 1.165) is 29.7 Å². The monoisotopic (exact) mass is 192 g/mol. The van der Waals surface area contributed by atoms with Crippen molar-refractivity contribution in [2.45, 2.75) is 39.7 Å². The number of rotatable bonds is 3. The van der Waals surface area contributed by atoms with Gasteiger partial charge < -0.3 is 11.5 Å². The van der Waals surface area contributed by atoms with E-state index in [9.17, 15) is 0 Å². The number of nitrogen functional groups attached to an aromatic ring is 1. The van der Waals surface area contributed by atoms with Crippen LogP contribution in [0.4, 0.5) is 5.69 Å². The summed E-state index contributed by atoms with van der Waals surface area (Å²) in [5.74, 6) is 0. The minimum atomic E-state index is 0.0827. The maximum Gasteiger partial charge on any atom is 0.0394 e. The molecule has 2 heteroatoms. The number of hydrogen-bond acceptors (Lipinski definition) is 2. The molecule has 0 radical (unpaired) electrons. The molecule has 78 valence electrons. The van der Waals surface area contributed by atoms with Crippen LogP contribution in [-0.2, 0) is 0 Å². The summed E-state index contributed by atoms with van der Waals surface area (Å²) < 4.78 is 0. The van der Waals surface area contributed by atoms with Gasteiger partial charge in [-0.25, -0.2) is 0 Å². The fraction of sp³-hybridized carbons (Fsp3) is 0.500. The van der Waals surface area contributed by atoms with Crippen LogP contribution in [0, 0.1) is 13.8 Å². The highest BCUT2D eigenvalue weighted by Crippen LogP contribution is 2.26. The zero-order valence-electron chi connectivity index (χ0n) is 9.30. The molecule has 14 heavy (non-hydrogen) atoms. The van der Waals surface area contributed by atoms with Crippen molar-refractivity contribution < 1.29 is 0 Å². The fourth-order valence-electron chi connectivity index (χ4n) is 1.65. The van der Waals surface area contributed by atoms with Crippen LogP contribution in [0.15, 0.2) is 12.1 Å². The molecular weight excluding hydrogens is 172 g/mol. The molecule has 1 aromatic rings. The average Bonchev–Trinajstić information content (AvgIpc) is 2.15. The molecule has 0 saturated heterocycles. The molecule has 0 aliphatic carbocycles. The quantitative estimate of drug-likeness (QED) is 0.723. The minimum Gasteiger partial charge on any atom is -0.398 e. The lowest BCUT2D eigenvalue weighted by molar-refractivity contribution is 0.639. The predicted octanol–water partition coefficient (Wildman–Crippen LogP) is 2.69. The summed E-state index contributed by atoms with van der Waals surface area (Å²) in [5.41, 5.74) is 16.4. The molecule has 0 heterocycles. The molecule has 2 nitrogen and oxygen atoms in total. The van der Waals surface area contributed by atoms with Crippen molar-refractivity contribution in [2.75, 3.05) is 5.73 Å². The van der Waals surface area contributed by atoms with Crippen LogP contribution in [0.3, 0.4) is 0 Å². The van der Waals surface area contributed by atoms with Gasteiger partial charge in [-0.05, 0) is 37.0 Å². The van der Waals surface area contributed by atoms with E-state index in [-0.39, 0.29) is 6.04 Å². The molecule has 1 unspecified atom stereocenters. The van der Waals surface area contributed by atoms with Gasteiger partial charge in [0.25, 0.3) is 0 Å². The molecule has 1 atom stereocenters. The van der Waals surface area contributed by atoms with Gasteiger partial charge in [0.15, 0.2) is 0 Å². The Morgan fingerprint density at radius 3 is 2.50 bits per heavy atom. The molecule has 0 aliphatic rings. The van der Waals surface area contributed by atoms with Gasteiger partial charge in [0.1, 0.15) is 0 Å². The first kappa shape index (κ1) is 11.1. The highest BCUT2D eigenvalue weighted by Gasteiger charge is 2.10. The van der Waals surface area contributed by atoms with Crippen LogP contribution in [0.1, 0.15) is 42.5 Å². The van der Waals surface area contributed by atoms with Gasteiger partial charge in [-0.15, -0.1) is 0 Å². The number of benzene rings is 1. The third-order valence-corrected chi connectivity index (χ3v) is 2.82. The molecule has 0 spiro atoms. The van der Waals surface area contributed by atoms with Crippen molar-refractivity contribution in [1.29, 1.82) is 0 Å². The van der Waals surface area contributed by atoms with Crippen LogP contribution in [0.2, 0.25) is 0 Å². The van der Waals surface area contributed by atoms with Crippen molar-refractivity contribution in [1.82, 2.24) is 0 Å². The molecule has 0 aliphatic heterocycles. The van der Waals surface area contributed by atoms with Crippen molar-refractivity contribution in [3.63, 3.8) is 0 Å². The van der Waals surface area contributed by atoms with E-state index in [2.05, 4.69) is 26.0 Å². The highest BCUT2D eigenvalue weighted by atomic mass is 14.7. The first-order valence-electron chi connectivity index (χ1n) is 5.19. The zero-order valence-corrected chi connectivity index (χ0v) is 9.30. The summed E-state index contributed by atoms with van der Waals surface area (Å²) in [7, 11) is 0. The van der Waals surface area contributed by atoms with Gasteiger partial charge in [0.2, 0.25) is 0 Å². The molecule has 0 amide bonds. The first-order chi connectivity index (χ1) is 6.57. The number of anilines is 1. The maximum atomic E-state index is 6.05. The summed E-state index contributed by atoms with van der Waals surface area (Å²) >= 11 is 0. The van der Waals surface area contributed by atoms with Gasteiger partial charge in [-0.3, -0.25) is 0 Å². The van der Waals surface area contributed by atoms with Crippen molar-refractivity contribution >= 4 is 5.69 Å². The number of aryl methyl sites for hydroxylation is 1. The molecule has 4 N–H and O–H groups in total. The Morgan fingerprint density at radius 1 is 1.29 bits per heavy atom. The molecule has 0 fully saturated rings. The SMILES string of the molecule is CCCC(N)c1ccc(C)c(C)c1N. The summed E-state index contributed by atoms with van der Waals surface area (Å²) in [4.78, 5) is 0. The van der Waals surface area contributed by atoms with Crippen LogP contribution in [-0.4, -0.2) is 0 Å². The van der Waals surface area contributed by atoms with E-state index >= 15 is 0 Å². The summed E-state index contributed by atoms with van der Waals surface area (Å²) in [6.07, 6.45) is 2.08. The lowest BCUT2D eigenvalue weighted by atomic mass is 9.96. The van der Waals surface area contributed by atoms with E-state index in [1.54, 1.807) is 0 Å². The number of nitrogens with two attached hydrogens (primary N) is 2. The van der Waals surface area contributed by atoms with Crippen LogP contribution in [0.5, 0.6) is 0 Å². The Hall–Kier alpha value is -1.02. The Kier molecular flexibility index (Phi) is 3.53. The van der Waals surface area contributed by atoms with Gasteiger partial charge in [-0.2, -0.15) is 0 Å². The smallest absolute Gasteiger partial charge is 0.0394 e. The molecular formula is C12H20N2. The largest absolute Gasteiger partial charge is 0.398 e. The summed E-state index contributed by atoms with van der Waals surface area (Å²) in [6, 6.07) is 4.23. The standard InChI is InChI=1S/C12H20N2/c1-4-5-11(13)10-7-6-8(2)9(3)12(10)14/h6-7,11H,4-5,13-14H2,1-3H3. The van der Waals surface area contributed by atoms with Crippen molar-refractivity contribution in [3.05, 3.63) is 28.8 Å². The Labute approximate surface area is 86.3 Å². The van der Waals surface area contributed by atoms with Gasteiger partial charge in [0, 0.05) is 11.7 Å². The second-order valence-corrected chi connectivity index (χ2v) is 3.91. The van der Waals surface area contributed by atoms with Crippen molar-refractivity contribution in [3.8, 4) is 0 Å². The fourth-order valence-corrected chi connectivity index (χ4v) is 1.65. The molecule has 0 aromatic heterocycles. The molecule has 0 bridgehead atoms. The second-order valence-electron chi connectivity index (χ2n) is 3.91. The topological polar surface area (TPSA) is 52.0 Å². The minimum absolute atomic E-state index is 0.0827. The second kappa shape index (κ2) is 4.47. The molecule has 1 rings (SSSR count). The predicted molar refractivity (Wildman–Crippen MR) is 62.2 cm³/mol. The first-order valence-corrected chi connectivity index (χ1v) is 5.19.